The number of carbonyl (C=O) groups is 5. The first-order valence-corrected chi connectivity index (χ1v) is 21.5. The van der Waals surface area contributed by atoms with E-state index in [2.05, 4.69) is 0 Å². The van der Waals surface area contributed by atoms with Crippen LogP contribution in [0.3, 0.4) is 0 Å². The predicted octanol–water partition coefficient (Wildman–Crippen LogP) is 6.15. The maximum Gasteiger partial charge on any atom is 0.329 e. The minimum atomic E-state index is -2.38. The molecule has 12 nitrogen and oxygen atoms in total. The van der Waals surface area contributed by atoms with Crippen molar-refractivity contribution < 1.29 is 53.5 Å². The number of amides is 1. The van der Waals surface area contributed by atoms with E-state index in [-0.39, 0.29) is 36.2 Å². The number of esters is 1. The van der Waals surface area contributed by atoms with Crippen LogP contribution in [0.5, 0.6) is 0 Å². The minimum absolute atomic E-state index is 0.0503. The zero-order valence-electron chi connectivity index (χ0n) is 36.0. The van der Waals surface area contributed by atoms with E-state index in [9.17, 15) is 34.2 Å². The van der Waals surface area contributed by atoms with Gasteiger partial charge in [-0.3, -0.25) is 19.2 Å². The third-order valence-corrected chi connectivity index (χ3v) is 12.5. The number of aldehydes is 1. The molecule has 3 fully saturated rings. The maximum absolute atomic E-state index is 14.0. The molecule has 3 rings (SSSR count). The van der Waals surface area contributed by atoms with Crippen LogP contribution < -0.4 is 0 Å². The summed E-state index contributed by atoms with van der Waals surface area (Å²) in [4.78, 5) is 66.2. The van der Waals surface area contributed by atoms with E-state index in [1.54, 1.807) is 27.0 Å². The van der Waals surface area contributed by atoms with Crippen molar-refractivity contribution in [3.8, 4) is 0 Å². The number of ether oxygens (including phenoxy) is 3. The van der Waals surface area contributed by atoms with Crippen LogP contribution in [0, 0.1) is 29.6 Å². The Balaban J connectivity index is 1.68. The molecule has 1 saturated carbocycles. The molecule has 0 aromatic carbocycles. The van der Waals surface area contributed by atoms with Crippen molar-refractivity contribution in [3.63, 3.8) is 0 Å². The van der Waals surface area contributed by atoms with E-state index in [0.29, 0.717) is 62.9 Å². The molecule has 3 aliphatic rings. The Morgan fingerprint density at radius 3 is 2.31 bits per heavy atom. The van der Waals surface area contributed by atoms with Crippen LogP contribution in [0.25, 0.3) is 0 Å². The first-order valence-electron chi connectivity index (χ1n) is 21.5. The van der Waals surface area contributed by atoms with Crippen LogP contribution in [0.4, 0.5) is 0 Å². The predicted molar refractivity (Wildman–Crippen MR) is 221 cm³/mol. The van der Waals surface area contributed by atoms with Gasteiger partial charge in [-0.25, -0.2) is 4.79 Å². The van der Waals surface area contributed by atoms with E-state index in [1.165, 1.54) is 4.90 Å². The second kappa shape index (κ2) is 24.1. The van der Waals surface area contributed by atoms with Gasteiger partial charge < -0.3 is 34.4 Å². The average Bonchev–Trinajstić information content (AvgIpc) is 3.21. The maximum atomic E-state index is 14.0. The van der Waals surface area contributed by atoms with Gasteiger partial charge in [-0.15, -0.1) is 0 Å². The second-order valence-corrected chi connectivity index (χ2v) is 17.3. The molecule has 0 spiro atoms. The number of Topliss-reactive ketones (excluding diaryl/α,β-unsaturated/α-hetero) is 2. The zero-order chi connectivity index (χ0) is 43.0. The largest absolute Gasteiger partial charge is 0.460 e. The van der Waals surface area contributed by atoms with Gasteiger partial charge in [-0.2, -0.15) is 0 Å². The molecule has 2 aliphatic heterocycles. The number of aliphatic hydroxyl groups excluding tert-OH is 2. The number of rotatable bonds is 21. The number of allylic oxidation sites excluding steroid dienone is 6. The van der Waals surface area contributed by atoms with E-state index < -0.39 is 60.3 Å². The van der Waals surface area contributed by atoms with Gasteiger partial charge in [0.2, 0.25) is 5.79 Å². The molecule has 2 saturated heterocycles. The van der Waals surface area contributed by atoms with Crippen molar-refractivity contribution in [2.24, 2.45) is 29.6 Å². The summed E-state index contributed by atoms with van der Waals surface area (Å²) in [5, 5.41) is 30.9. The van der Waals surface area contributed by atoms with E-state index in [0.717, 1.165) is 44.0 Å². The fourth-order valence-corrected chi connectivity index (χ4v) is 8.50. The highest BCUT2D eigenvalue weighted by Crippen LogP contribution is 2.37. The summed E-state index contributed by atoms with van der Waals surface area (Å²) in [6.07, 6.45) is 18.2. The van der Waals surface area contributed by atoms with Crippen molar-refractivity contribution in [1.82, 2.24) is 4.90 Å². The molecule has 0 radical (unpaired) electrons. The number of ketones is 2. The first-order chi connectivity index (χ1) is 27.5. The number of aliphatic hydroxyl groups is 3. The Kier molecular flexibility index (Phi) is 20.4. The Morgan fingerprint density at radius 2 is 1.66 bits per heavy atom. The van der Waals surface area contributed by atoms with Gasteiger partial charge in [0.1, 0.15) is 25.0 Å². The molecule has 0 aromatic rings. The highest BCUT2D eigenvalue weighted by molar-refractivity contribution is 6.39. The van der Waals surface area contributed by atoms with Gasteiger partial charge in [0.25, 0.3) is 11.7 Å². The summed E-state index contributed by atoms with van der Waals surface area (Å²) >= 11 is 0. The van der Waals surface area contributed by atoms with Gasteiger partial charge in [0, 0.05) is 38.3 Å². The smallest absolute Gasteiger partial charge is 0.329 e. The lowest BCUT2D eigenvalue weighted by Gasteiger charge is -2.42. The SMILES string of the molecule is CO[C@@H](C[C@@H]1CC[C@@H](C)[C@](O)(C(=O)C(=O)N2CCCC[C@H]2C(=O)O[C@@H](C/C=C(\C)C=O)[C@H](C)C[C@H]2CC[C@H](O)CC2)O1)/C(C)=C/C=C/C=C/[C@@H](C)C[C@@H](C)C(=O)CO. The standard InChI is InChI=1S/C46H71NO11/c1-30(25-33(4)40(51)29-49)13-9-8-10-14-32(3)42(56-7)27-38-22-17-35(6)46(55,58-38)43(52)44(53)47-24-12-11-15-39(47)45(54)57-41(23-16-31(2)28-48)34(5)26-36-18-20-37(50)21-19-36/h8-10,13-14,16,28,30,33-39,41-42,49-50,55H,11-12,15,17-27,29H2,1-7H3/b10-8+,13-9+,31-16+,32-14+/t30-,33-,34-,35-,36-,37-,38+,39+,41+,42+,46-/m1/s1. The molecule has 0 aromatic heterocycles. The van der Waals surface area contributed by atoms with Crippen LogP contribution in [0.2, 0.25) is 0 Å². The normalized spacial score (nSPS) is 28.8. The van der Waals surface area contributed by atoms with Crippen LogP contribution in [-0.4, -0.2) is 106 Å². The number of hydrogen-bond donors (Lipinski definition) is 3. The molecule has 58 heavy (non-hydrogen) atoms. The molecule has 2 heterocycles. The number of hydrogen-bond acceptors (Lipinski definition) is 11. The molecule has 0 unspecified atom stereocenters. The quantitative estimate of drug-likeness (QED) is 0.0398. The zero-order valence-corrected chi connectivity index (χ0v) is 36.0. The molecular formula is C46H71NO11. The van der Waals surface area contributed by atoms with Gasteiger partial charge >= 0.3 is 5.97 Å². The summed E-state index contributed by atoms with van der Waals surface area (Å²) in [5.41, 5.74) is 1.42. The molecule has 1 aliphatic carbocycles. The van der Waals surface area contributed by atoms with Gasteiger partial charge in [0.05, 0.1) is 18.3 Å². The molecule has 9 atom stereocenters. The van der Waals surface area contributed by atoms with E-state index in [4.69, 9.17) is 19.3 Å². The number of piperidine rings is 1. The molecule has 3 N–H and O–H groups in total. The van der Waals surface area contributed by atoms with E-state index in [1.807, 2.05) is 58.1 Å². The van der Waals surface area contributed by atoms with Gasteiger partial charge in [-0.05, 0) is 113 Å². The summed E-state index contributed by atoms with van der Waals surface area (Å²) in [6, 6.07) is -1.00. The van der Waals surface area contributed by atoms with Gasteiger partial charge in [-0.1, -0.05) is 64.2 Å². The summed E-state index contributed by atoms with van der Waals surface area (Å²) < 4.78 is 18.0. The third kappa shape index (κ3) is 14.5. The molecule has 326 valence electrons. The number of nitrogens with zero attached hydrogens (tertiary/aromatic N) is 1. The topological polar surface area (TPSA) is 177 Å². The molecule has 12 heteroatoms. The lowest BCUT2D eigenvalue weighted by atomic mass is 9.80. The van der Waals surface area contributed by atoms with Crippen LogP contribution in [-0.2, 0) is 38.2 Å². The lowest BCUT2D eigenvalue weighted by molar-refractivity contribution is -0.265. The van der Waals surface area contributed by atoms with E-state index >= 15 is 0 Å². The fourth-order valence-electron chi connectivity index (χ4n) is 8.50. The Morgan fingerprint density at radius 1 is 0.948 bits per heavy atom. The lowest BCUT2D eigenvalue weighted by Crippen LogP contribution is -2.61. The Bertz CT molecular complexity index is 1490. The highest BCUT2D eigenvalue weighted by Gasteiger charge is 2.53. The average molecular weight is 814 g/mol. The highest BCUT2D eigenvalue weighted by atomic mass is 16.6. The van der Waals surface area contributed by atoms with Crippen molar-refractivity contribution in [2.75, 3.05) is 20.3 Å². The summed E-state index contributed by atoms with van der Waals surface area (Å²) in [5.74, 6) is -5.63. The van der Waals surface area contributed by atoms with Crippen LogP contribution >= 0.6 is 0 Å². The molecular weight excluding hydrogens is 743 g/mol. The van der Waals surface area contributed by atoms with Crippen molar-refractivity contribution in [3.05, 3.63) is 47.6 Å². The summed E-state index contributed by atoms with van der Waals surface area (Å²) in [7, 11) is 1.58. The Labute approximate surface area is 346 Å². The number of likely N-dealkylation sites (tertiary alicyclic amines) is 1. The number of methoxy groups -OCH3 is 1. The monoisotopic (exact) mass is 814 g/mol. The fraction of sp³-hybridized carbons (Fsp3) is 0.717. The molecule has 0 bridgehead atoms. The van der Waals surface area contributed by atoms with Crippen molar-refractivity contribution in [1.29, 1.82) is 0 Å². The number of carbonyl (C=O) groups excluding carboxylic acids is 5. The third-order valence-electron chi connectivity index (χ3n) is 12.5. The van der Waals surface area contributed by atoms with Gasteiger partial charge in [0.15, 0.2) is 5.78 Å². The molecule has 1 amide bonds. The van der Waals surface area contributed by atoms with Crippen LogP contribution in [0.15, 0.2) is 47.6 Å². The van der Waals surface area contributed by atoms with Crippen LogP contribution in [0.1, 0.15) is 125 Å². The first kappa shape index (κ1) is 49.1. The van der Waals surface area contributed by atoms with Crippen molar-refractivity contribution >= 4 is 29.7 Å². The minimum Gasteiger partial charge on any atom is -0.460 e. The Hall–Kier alpha value is -3.29. The second-order valence-electron chi connectivity index (χ2n) is 17.3. The van der Waals surface area contributed by atoms with Crippen molar-refractivity contribution in [2.45, 2.75) is 161 Å². The summed E-state index contributed by atoms with van der Waals surface area (Å²) in [6.45, 7) is 10.9.